The minimum Gasteiger partial charge on any atom is -0.492 e. The summed E-state index contributed by atoms with van der Waals surface area (Å²) >= 11 is 12.0. The third-order valence-corrected chi connectivity index (χ3v) is 6.40. The average molecular weight is 473 g/mol. The van der Waals surface area contributed by atoms with Crippen LogP contribution in [-0.4, -0.2) is 27.0 Å². The zero-order valence-corrected chi connectivity index (χ0v) is 19.3. The molecule has 0 unspecified atom stereocenters. The molecular weight excluding hydrogens is 447 g/mol. The Kier molecular flexibility index (Phi) is 9.42. The molecule has 0 radical (unpaired) electrons. The van der Waals surface area contributed by atoms with Crippen LogP contribution in [0.25, 0.3) is 0 Å². The number of hydrogen-bond donors (Lipinski definition) is 2. The number of halogens is 2. The minimum absolute atomic E-state index is 0.133. The molecule has 0 aliphatic heterocycles. The standard InChI is InChI=1S/C21H26Cl2N2O4S/c1-15(2)25-30(27,28)14-17-8-4-3-7-16(17)13-24-20(26)11-6-12-29-19-10-5-9-18(22)21(19)23/h3-5,7-10,15,25H,6,11-14H2,1-2H3,(H,24,26). The number of benzene rings is 2. The normalized spacial score (nSPS) is 11.5. The number of carbonyl (C=O) groups excluding carboxylic acids is 1. The monoisotopic (exact) mass is 472 g/mol. The highest BCUT2D eigenvalue weighted by Crippen LogP contribution is 2.31. The van der Waals surface area contributed by atoms with E-state index in [9.17, 15) is 13.2 Å². The van der Waals surface area contributed by atoms with Crippen LogP contribution < -0.4 is 14.8 Å². The van der Waals surface area contributed by atoms with Crippen LogP contribution in [0.3, 0.4) is 0 Å². The number of rotatable bonds is 11. The van der Waals surface area contributed by atoms with Gasteiger partial charge in [-0.2, -0.15) is 0 Å². The van der Waals surface area contributed by atoms with Gasteiger partial charge in [0.1, 0.15) is 10.8 Å². The molecule has 0 aliphatic carbocycles. The van der Waals surface area contributed by atoms with Gasteiger partial charge in [-0.15, -0.1) is 0 Å². The van der Waals surface area contributed by atoms with Gasteiger partial charge in [-0.3, -0.25) is 4.79 Å². The van der Waals surface area contributed by atoms with Gasteiger partial charge in [0.2, 0.25) is 15.9 Å². The van der Waals surface area contributed by atoms with Crippen LogP contribution in [0.5, 0.6) is 5.75 Å². The Morgan fingerprint density at radius 2 is 1.77 bits per heavy atom. The fourth-order valence-corrected chi connectivity index (χ4v) is 4.61. The Hall–Kier alpha value is -1.80. The van der Waals surface area contributed by atoms with E-state index in [1.165, 1.54) is 0 Å². The molecular formula is C21H26Cl2N2O4S. The van der Waals surface area contributed by atoms with Crippen molar-refractivity contribution in [3.63, 3.8) is 0 Å². The molecule has 2 aromatic carbocycles. The molecule has 1 amide bonds. The SMILES string of the molecule is CC(C)NS(=O)(=O)Cc1ccccc1CNC(=O)CCCOc1cccc(Cl)c1Cl. The zero-order chi connectivity index (χ0) is 22.1. The number of amides is 1. The Morgan fingerprint density at radius 3 is 2.47 bits per heavy atom. The van der Waals surface area contributed by atoms with Crippen molar-refractivity contribution in [3.05, 3.63) is 63.6 Å². The number of sulfonamides is 1. The molecule has 0 aromatic heterocycles. The van der Waals surface area contributed by atoms with Crippen LogP contribution in [-0.2, 0) is 27.1 Å². The number of nitrogens with one attached hydrogen (secondary N) is 2. The van der Waals surface area contributed by atoms with E-state index >= 15 is 0 Å². The molecule has 164 valence electrons. The maximum absolute atomic E-state index is 12.2. The van der Waals surface area contributed by atoms with Crippen molar-refractivity contribution in [2.75, 3.05) is 6.61 Å². The highest BCUT2D eigenvalue weighted by atomic mass is 35.5. The van der Waals surface area contributed by atoms with E-state index in [4.69, 9.17) is 27.9 Å². The molecule has 0 spiro atoms. The minimum atomic E-state index is -3.44. The van der Waals surface area contributed by atoms with E-state index in [2.05, 4.69) is 10.0 Å². The lowest BCUT2D eigenvalue weighted by molar-refractivity contribution is -0.121. The van der Waals surface area contributed by atoms with Gasteiger partial charge >= 0.3 is 0 Å². The Balaban J connectivity index is 1.81. The third-order valence-electron chi connectivity index (χ3n) is 4.08. The van der Waals surface area contributed by atoms with Gasteiger partial charge in [-0.25, -0.2) is 13.1 Å². The smallest absolute Gasteiger partial charge is 0.220 e. The summed E-state index contributed by atoms with van der Waals surface area (Å²) in [6.07, 6.45) is 0.774. The predicted octanol–water partition coefficient (Wildman–Crippen LogP) is 4.30. The van der Waals surface area contributed by atoms with E-state index in [0.29, 0.717) is 34.4 Å². The average Bonchev–Trinajstić information content (AvgIpc) is 2.66. The summed E-state index contributed by atoms with van der Waals surface area (Å²) in [6, 6.07) is 12.1. The highest BCUT2D eigenvalue weighted by molar-refractivity contribution is 7.88. The molecule has 6 nitrogen and oxygen atoms in total. The van der Waals surface area contributed by atoms with Gasteiger partial charge in [-0.05, 0) is 43.5 Å². The molecule has 0 saturated heterocycles. The van der Waals surface area contributed by atoms with E-state index < -0.39 is 10.0 Å². The summed E-state index contributed by atoms with van der Waals surface area (Å²) in [5.74, 6) is 0.203. The number of hydrogen-bond acceptors (Lipinski definition) is 4. The third kappa shape index (κ3) is 8.14. The van der Waals surface area contributed by atoms with Crippen molar-refractivity contribution in [2.45, 2.75) is 45.0 Å². The van der Waals surface area contributed by atoms with Crippen LogP contribution in [0.2, 0.25) is 10.0 Å². The molecule has 2 aromatic rings. The summed E-state index contributed by atoms with van der Waals surface area (Å²) < 4.78 is 32.5. The highest BCUT2D eigenvalue weighted by Gasteiger charge is 2.15. The quantitative estimate of drug-likeness (QED) is 0.477. The Labute approximate surface area is 188 Å². The second kappa shape index (κ2) is 11.6. The predicted molar refractivity (Wildman–Crippen MR) is 120 cm³/mol. The van der Waals surface area contributed by atoms with Crippen molar-refractivity contribution in [2.24, 2.45) is 0 Å². The van der Waals surface area contributed by atoms with Crippen LogP contribution in [0.4, 0.5) is 0 Å². The first-order chi connectivity index (χ1) is 14.2. The first kappa shape index (κ1) is 24.5. The molecule has 0 atom stereocenters. The Morgan fingerprint density at radius 1 is 1.07 bits per heavy atom. The first-order valence-corrected chi connectivity index (χ1v) is 12.0. The second-order valence-electron chi connectivity index (χ2n) is 7.08. The van der Waals surface area contributed by atoms with Gasteiger partial charge in [0.15, 0.2) is 0 Å². The molecule has 0 heterocycles. The van der Waals surface area contributed by atoms with Crippen LogP contribution in [0.1, 0.15) is 37.8 Å². The molecule has 9 heteroatoms. The van der Waals surface area contributed by atoms with Crippen molar-refractivity contribution in [1.29, 1.82) is 0 Å². The summed E-state index contributed by atoms with van der Waals surface area (Å²) in [7, 11) is -3.44. The van der Waals surface area contributed by atoms with Gasteiger partial charge < -0.3 is 10.1 Å². The fraction of sp³-hybridized carbons (Fsp3) is 0.381. The zero-order valence-electron chi connectivity index (χ0n) is 17.0. The molecule has 2 rings (SSSR count). The van der Waals surface area contributed by atoms with E-state index in [1.54, 1.807) is 44.2 Å². The lowest BCUT2D eigenvalue weighted by atomic mass is 10.1. The van der Waals surface area contributed by atoms with Crippen molar-refractivity contribution >= 4 is 39.1 Å². The van der Waals surface area contributed by atoms with Gasteiger partial charge in [0.05, 0.1) is 17.4 Å². The summed E-state index contributed by atoms with van der Waals surface area (Å²) in [6.45, 7) is 4.12. The van der Waals surface area contributed by atoms with Gasteiger partial charge in [-0.1, -0.05) is 53.5 Å². The maximum Gasteiger partial charge on any atom is 0.220 e. The lowest BCUT2D eigenvalue weighted by Crippen LogP contribution is -2.32. The second-order valence-corrected chi connectivity index (χ2v) is 9.62. The largest absolute Gasteiger partial charge is 0.492 e. The molecule has 2 N–H and O–H groups in total. The van der Waals surface area contributed by atoms with E-state index in [-0.39, 0.29) is 30.7 Å². The fourth-order valence-electron chi connectivity index (χ4n) is 2.77. The van der Waals surface area contributed by atoms with Crippen LogP contribution in [0, 0.1) is 0 Å². The molecule has 0 saturated carbocycles. The van der Waals surface area contributed by atoms with Gasteiger partial charge in [0, 0.05) is 19.0 Å². The van der Waals surface area contributed by atoms with Crippen molar-refractivity contribution in [1.82, 2.24) is 10.0 Å². The number of carbonyl (C=O) groups is 1. The summed E-state index contributed by atoms with van der Waals surface area (Å²) in [5.41, 5.74) is 1.42. The molecule has 0 aliphatic rings. The van der Waals surface area contributed by atoms with Crippen LogP contribution in [0.15, 0.2) is 42.5 Å². The Bertz CT molecular complexity index is 965. The molecule has 30 heavy (non-hydrogen) atoms. The molecule has 0 fully saturated rings. The molecule has 0 bridgehead atoms. The summed E-state index contributed by atoms with van der Waals surface area (Å²) in [4.78, 5) is 12.1. The van der Waals surface area contributed by atoms with E-state index in [1.807, 2.05) is 12.1 Å². The number of ether oxygens (including phenoxy) is 1. The topological polar surface area (TPSA) is 84.5 Å². The van der Waals surface area contributed by atoms with Crippen molar-refractivity contribution < 1.29 is 17.9 Å². The van der Waals surface area contributed by atoms with Crippen molar-refractivity contribution in [3.8, 4) is 5.75 Å². The van der Waals surface area contributed by atoms with Crippen LogP contribution >= 0.6 is 23.2 Å². The summed E-state index contributed by atoms with van der Waals surface area (Å²) in [5, 5.41) is 3.59. The lowest BCUT2D eigenvalue weighted by Gasteiger charge is -2.13. The van der Waals surface area contributed by atoms with E-state index in [0.717, 1.165) is 5.56 Å². The maximum atomic E-state index is 12.2. The first-order valence-electron chi connectivity index (χ1n) is 9.58. The van der Waals surface area contributed by atoms with Gasteiger partial charge in [0.25, 0.3) is 0 Å².